The van der Waals surface area contributed by atoms with Crippen molar-refractivity contribution in [3.05, 3.63) is 23.9 Å². The van der Waals surface area contributed by atoms with Crippen LogP contribution in [0.3, 0.4) is 0 Å². The van der Waals surface area contributed by atoms with Crippen LogP contribution in [0.15, 0.2) is 18.3 Å². The molecule has 0 aliphatic rings. The molecule has 0 unspecified atom stereocenters. The number of amides is 1. The van der Waals surface area contributed by atoms with Crippen LogP contribution in [-0.2, 0) is 10.5 Å². The van der Waals surface area contributed by atoms with Gasteiger partial charge in [-0.05, 0) is 24.0 Å². The Morgan fingerprint density at radius 1 is 1.69 bits per heavy atom. The van der Waals surface area contributed by atoms with Gasteiger partial charge < -0.3 is 5.32 Å². The number of carbonyl (C=O) groups is 1. The molecule has 4 heteroatoms. The van der Waals surface area contributed by atoms with Crippen molar-refractivity contribution in [2.24, 2.45) is 0 Å². The molecule has 0 bridgehead atoms. The number of nitrogens with one attached hydrogen (secondary N) is 1. The lowest BCUT2D eigenvalue weighted by Gasteiger charge is -2.02. The van der Waals surface area contributed by atoms with E-state index in [-0.39, 0.29) is 5.91 Å². The van der Waals surface area contributed by atoms with Gasteiger partial charge in [-0.25, -0.2) is 4.98 Å². The number of hydrogen-bond donors (Lipinski definition) is 1. The van der Waals surface area contributed by atoms with Crippen molar-refractivity contribution in [1.82, 2.24) is 4.98 Å². The molecule has 1 rings (SSSR count). The highest BCUT2D eigenvalue weighted by atomic mass is 32.2. The zero-order valence-corrected chi connectivity index (χ0v) is 8.52. The van der Waals surface area contributed by atoms with Gasteiger partial charge in [0.2, 0.25) is 5.91 Å². The Labute approximate surface area is 81.9 Å². The highest BCUT2D eigenvalue weighted by Crippen LogP contribution is 2.11. The number of aromatic nitrogens is 1. The van der Waals surface area contributed by atoms with Gasteiger partial charge in [-0.3, -0.25) is 4.79 Å². The molecule has 0 spiro atoms. The predicted octanol–water partition coefficient (Wildman–Crippen LogP) is 1.90. The summed E-state index contributed by atoms with van der Waals surface area (Å²) in [6.45, 7) is 1.48. The number of anilines is 1. The first-order valence-corrected chi connectivity index (χ1v) is 5.33. The lowest BCUT2D eigenvalue weighted by Crippen LogP contribution is -2.07. The third-order valence-electron chi connectivity index (χ3n) is 1.44. The van der Waals surface area contributed by atoms with Crippen LogP contribution in [0.25, 0.3) is 0 Å². The van der Waals surface area contributed by atoms with Crippen LogP contribution >= 0.6 is 11.8 Å². The lowest BCUT2D eigenvalue weighted by atomic mass is 10.3. The van der Waals surface area contributed by atoms with Crippen molar-refractivity contribution < 1.29 is 4.79 Å². The van der Waals surface area contributed by atoms with E-state index in [1.807, 2.05) is 18.4 Å². The van der Waals surface area contributed by atoms with Gasteiger partial charge in [0.15, 0.2) is 0 Å². The maximum absolute atomic E-state index is 10.7. The highest BCUT2D eigenvalue weighted by molar-refractivity contribution is 7.97. The first-order valence-electron chi connectivity index (χ1n) is 3.94. The number of pyridine rings is 1. The van der Waals surface area contributed by atoms with E-state index in [9.17, 15) is 4.79 Å². The van der Waals surface area contributed by atoms with Gasteiger partial charge in [0.05, 0.1) is 0 Å². The maximum atomic E-state index is 10.7. The third kappa shape index (κ3) is 3.46. The summed E-state index contributed by atoms with van der Waals surface area (Å²) in [5.41, 5.74) is 1.17. The monoisotopic (exact) mass is 196 g/mol. The summed E-state index contributed by atoms with van der Waals surface area (Å²) >= 11 is 1.74. The van der Waals surface area contributed by atoms with Gasteiger partial charge in [-0.1, -0.05) is 0 Å². The molecule has 13 heavy (non-hydrogen) atoms. The zero-order chi connectivity index (χ0) is 9.68. The second-order valence-electron chi connectivity index (χ2n) is 2.66. The quantitative estimate of drug-likeness (QED) is 0.802. The second kappa shape index (κ2) is 4.87. The summed E-state index contributed by atoms with van der Waals surface area (Å²) in [7, 11) is 0. The van der Waals surface area contributed by atoms with E-state index in [0.29, 0.717) is 5.82 Å². The van der Waals surface area contributed by atoms with Crippen LogP contribution in [-0.4, -0.2) is 17.1 Å². The molecule has 0 aliphatic carbocycles. The molecule has 1 aromatic rings. The maximum Gasteiger partial charge on any atom is 0.222 e. The van der Waals surface area contributed by atoms with E-state index in [0.717, 1.165) is 5.75 Å². The SMILES string of the molecule is CSCc1ccnc(NC(C)=O)c1. The highest BCUT2D eigenvalue weighted by Gasteiger charge is 1.97. The van der Waals surface area contributed by atoms with Crippen molar-refractivity contribution in [1.29, 1.82) is 0 Å². The molecule has 0 saturated heterocycles. The van der Waals surface area contributed by atoms with Gasteiger partial charge >= 0.3 is 0 Å². The molecule has 0 aromatic carbocycles. The minimum absolute atomic E-state index is 0.0891. The lowest BCUT2D eigenvalue weighted by molar-refractivity contribution is -0.114. The molecule has 1 heterocycles. The molecule has 1 amide bonds. The van der Waals surface area contributed by atoms with Crippen molar-refractivity contribution >= 4 is 23.5 Å². The topological polar surface area (TPSA) is 42.0 Å². The van der Waals surface area contributed by atoms with Crippen LogP contribution in [0.4, 0.5) is 5.82 Å². The van der Waals surface area contributed by atoms with Crippen molar-refractivity contribution in [2.45, 2.75) is 12.7 Å². The number of nitrogens with zero attached hydrogens (tertiary/aromatic N) is 1. The molecule has 1 aromatic heterocycles. The fourth-order valence-electron chi connectivity index (χ4n) is 0.979. The van der Waals surface area contributed by atoms with Crippen molar-refractivity contribution in [2.75, 3.05) is 11.6 Å². The third-order valence-corrected chi connectivity index (χ3v) is 2.06. The van der Waals surface area contributed by atoms with E-state index >= 15 is 0 Å². The van der Waals surface area contributed by atoms with Crippen LogP contribution in [0, 0.1) is 0 Å². The van der Waals surface area contributed by atoms with Gasteiger partial charge in [-0.2, -0.15) is 11.8 Å². The van der Waals surface area contributed by atoms with Gasteiger partial charge in [0.25, 0.3) is 0 Å². The molecular weight excluding hydrogens is 184 g/mol. The van der Waals surface area contributed by atoms with Gasteiger partial charge in [0.1, 0.15) is 5.82 Å². The van der Waals surface area contributed by atoms with E-state index in [1.165, 1.54) is 12.5 Å². The molecule has 0 aliphatic heterocycles. The van der Waals surface area contributed by atoms with Crippen molar-refractivity contribution in [3.8, 4) is 0 Å². The molecule has 1 N–H and O–H groups in total. The zero-order valence-electron chi connectivity index (χ0n) is 7.70. The minimum atomic E-state index is -0.0891. The minimum Gasteiger partial charge on any atom is -0.311 e. The molecule has 3 nitrogen and oxygen atoms in total. The second-order valence-corrected chi connectivity index (χ2v) is 3.53. The molecule has 0 saturated carbocycles. The fourth-order valence-corrected chi connectivity index (χ4v) is 1.49. The predicted molar refractivity (Wildman–Crippen MR) is 55.8 cm³/mol. The van der Waals surface area contributed by atoms with Crippen LogP contribution < -0.4 is 5.32 Å². The standard InChI is InChI=1S/C9H12N2OS/c1-7(12)11-9-5-8(6-13-2)3-4-10-9/h3-5H,6H2,1-2H3,(H,10,11,12). The summed E-state index contributed by atoms with van der Waals surface area (Å²) in [5, 5.41) is 2.64. The normalized spacial score (nSPS) is 9.69. The Balaban J connectivity index is 2.73. The molecule has 0 fully saturated rings. The Morgan fingerprint density at radius 2 is 2.46 bits per heavy atom. The average Bonchev–Trinajstić information content (AvgIpc) is 2.04. The molecule has 70 valence electrons. The van der Waals surface area contributed by atoms with Crippen LogP contribution in [0.2, 0.25) is 0 Å². The number of hydrogen-bond acceptors (Lipinski definition) is 3. The number of thioether (sulfide) groups is 1. The van der Waals surface area contributed by atoms with E-state index < -0.39 is 0 Å². The number of carbonyl (C=O) groups excluding carboxylic acids is 1. The fraction of sp³-hybridized carbons (Fsp3) is 0.333. The largest absolute Gasteiger partial charge is 0.311 e. The van der Waals surface area contributed by atoms with E-state index in [1.54, 1.807) is 18.0 Å². The van der Waals surface area contributed by atoms with Crippen molar-refractivity contribution in [3.63, 3.8) is 0 Å². The van der Waals surface area contributed by atoms with Crippen LogP contribution in [0.5, 0.6) is 0 Å². The average molecular weight is 196 g/mol. The summed E-state index contributed by atoms with van der Waals surface area (Å²) in [6.07, 6.45) is 3.75. The Morgan fingerprint density at radius 3 is 3.08 bits per heavy atom. The van der Waals surface area contributed by atoms with E-state index in [2.05, 4.69) is 10.3 Å². The van der Waals surface area contributed by atoms with E-state index in [4.69, 9.17) is 0 Å². The first-order chi connectivity index (χ1) is 6.22. The summed E-state index contributed by atoms with van der Waals surface area (Å²) in [5.74, 6) is 1.47. The molecule has 0 radical (unpaired) electrons. The first kappa shape index (κ1) is 10.1. The number of rotatable bonds is 3. The molecular formula is C9H12N2OS. The summed E-state index contributed by atoms with van der Waals surface area (Å²) in [6, 6.07) is 3.83. The summed E-state index contributed by atoms with van der Waals surface area (Å²) < 4.78 is 0. The Bertz CT molecular complexity index is 301. The Hall–Kier alpha value is -1.03. The molecule has 0 atom stereocenters. The smallest absolute Gasteiger partial charge is 0.222 e. The summed E-state index contributed by atoms with van der Waals surface area (Å²) in [4.78, 5) is 14.7. The van der Waals surface area contributed by atoms with Crippen LogP contribution in [0.1, 0.15) is 12.5 Å². The van der Waals surface area contributed by atoms with Gasteiger partial charge in [-0.15, -0.1) is 0 Å². The Kier molecular flexibility index (Phi) is 3.76. The van der Waals surface area contributed by atoms with Gasteiger partial charge in [0, 0.05) is 18.9 Å².